The van der Waals surface area contributed by atoms with Crippen molar-refractivity contribution in [3.8, 4) is 11.5 Å². The summed E-state index contributed by atoms with van der Waals surface area (Å²) in [4.78, 5) is 1.39. The fourth-order valence-corrected chi connectivity index (χ4v) is 3.50. The van der Waals surface area contributed by atoms with E-state index in [4.69, 9.17) is 9.47 Å². The first-order valence-corrected chi connectivity index (χ1v) is 8.54. The van der Waals surface area contributed by atoms with Gasteiger partial charge in [0.05, 0.1) is 32.4 Å². The highest BCUT2D eigenvalue weighted by Crippen LogP contribution is 2.32. The van der Waals surface area contributed by atoms with Gasteiger partial charge in [0.15, 0.2) is 11.5 Å². The monoisotopic (exact) mass is 299 g/mol. The molecule has 20 heavy (non-hydrogen) atoms. The molecule has 0 atom stereocenters. The minimum atomic E-state index is -3.05. The molecule has 7 heteroatoms. The predicted octanol–water partition coefficient (Wildman–Crippen LogP) is -0.925. The maximum absolute atomic E-state index is 11.5. The topological polar surface area (TPSA) is 60.3 Å². The van der Waals surface area contributed by atoms with Crippen molar-refractivity contribution in [3.05, 3.63) is 23.8 Å². The van der Waals surface area contributed by atoms with Crippen LogP contribution in [0.1, 0.15) is 5.56 Å². The molecule has 1 aromatic carbocycles. The summed E-state index contributed by atoms with van der Waals surface area (Å²) in [6.45, 7) is 4.04. The summed E-state index contributed by atoms with van der Waals surface area (Å²) in [6.07, 6.45) is 1.27. The average molecular weight is 299 g/mol. The van der Waals surface area contributed by atoms with Gasteiger partial charge in [-0.2, -0.15) is 4.31 Å². The molecule has 1 N–H and O–H groups in total. The van der Waals surface area contributed by atoms with Crippen LogP contribution in [-0.4, -0.2) is 52.0 Å². The number of rotatable bonds is 3. The van der Waals surface area contributed by atoms with Gasteiger partial charge < -0.3 is 14.4 Å². The Morgan fingerprint density at radius 2 is 1.90 bits per heavy atom. The van der Waals surface area contributed by atoms with Crippen LogP contribution in [0.25, 0.3) is 0 Å². The van der Waals surface area contributed by atoms with E-state index >= 15 is 0 Å². The molecule has 2 aliphatic rings. The number of piperazine rings is 1. The second-order valence-corrected chi connectivity index (χ2v) is 7.26. The maximum atomic E-state index is 11.5. The van der Waals surface area contributed by atoms with Crippen LogP contribution in [0.3, 0.4) is 0 Å². The standard InChI is InChI=1S/C13H18N2O4S/c1-20(16,17)15-6-4-14(5-7-15)9-11-2-3-12-13(8-11)19-10-18-12/h2-3,8H,4-7,9-10H2,1H3/p+1. The molecule has 0 aliphatic carbocycles. The molecule has 6 nitrogen and oxygen atoms in total. The third-order valence-electron chi connectivity index (χ3n) is 3.79. The summed E-state index contributed by atoms with van der Waals surface area (Å²) in [6, 6.07) is 5.99. The minimum Gasteiger partial charge on any atom is -0.454 e. The summed E-state index contributed by atoms with van der Waals surface area (Å²) in [5.41, 5.74) is 1.19. The highest BCUT2D eigenvalue weighted by atomic mass is 32.2. The van der Waals surface area contributed by atoms with E-state index in [2.05, 4.69) is 0 Å². The highest BCUT2D eigenvalue weighted by Gasteiger charge is 2.26. The number of sulfonamides is 1. The number of benzene rings is 1. The third kappa shape index (κ3) is 2.89. The fourth-order valence-electron chi connectivity index (χ4n) is 2.65. The van der Waals surface area contributed by atoms with Gasteiger partial charge in [0.25, 0.3) is 0 Å². The quantitative estimate of drug-likeness (QED) is 0.784. The van der Waals surface area contributed by atoms with E-state index in [-0.39, 0.29) is 0 Å². The van der Waals surface area contributed by atoms with Crippen LogP contribution in [-0.2, 0) is 16.6 Å². The lowest BCUT2D eigenvalue weighted by molar-refractivity contribution is -0.917. The number of fused-ring (bicyclic) bond motifs is 1. The predicted molar refractivity (Wildman–Crippen MR) is 73.4 cm³/mol. The van der Waals surface area contributed by atoms with Crippen molar-refractivity contribution in [1.29, 1.82) is 0 Å². The lowest BCUT2D eigenvalue weighted by Gasteiger charge is -2.30. The van der Waals surface area contributed by atoms with E-state index < -0.39 is 10.0 Å². The maximum Gasteiger partial charge on any atom is 0.231 e. The first kappa shape index (κ1) is 13.7. The van der Waals surface area contributed by atoms with Crippen molar-refractivity contribution in [2.75, 3.05) is 39.2 Å². The zero-order valence-corrected chi connectivity index (χ0v) is 12.3. The number of nitrogens with one attached hydrogen (secondary N) is 1. The van der Waals surface area contributed by atoms with Gasteiger partial charge in [-0.25, -0.2) is 8.42 Å². The van der Waals surface area contributed by atoms with Crippen molar-refractivity contribution >= 4 is 10.0 Å². The van der Waals surface area contributed by atoms with Gasteiger partial charge in [-0.15, -0.1) is 0 Å². The van der Waals surface area contributed by atoms with Crippen LogP contribution in [0.5, 0.6) is 11.5 Å². The number of hydrogen-bond donors (Lipinski definition) is 1. The normalized spacial score (nSPS) is 20.2. The molecule has 3 rings (SSSR count). The lowest BCUT2D eigenvalue weighted by atomic mass is 10.2. The first-order valence-electron chi connectivity index (χ1n) is 6.69. The molecule has 0 spiro atoms. The van der Waals surface area contributed by atoms with Crippen molar-refractivity contribution < 1.29 is 22.8 Å². The Morgan fingerprint density at radius 3 is 2.60 bits per heavy atom. The van der Waals surface area contributed by atoms with Gasteiger partial charge >= 0.3 is 0 Å². The van der Waals surface area contributed by atoms with Gasteiger partial charge in [0.1, 0.15) is 6.54 Å². The molecule has 2 heterocycles. The van der Waals surface area contributed by atoms with Crippen molar-refractivity contribution in [3.63, 3.8) is 0 Å². The molecular weight excluding hydrogens is 280 g/mol. The highest BCUT2D eigenvalue weighted by molar-refractivity contribution is 7.88. The second-order valence-electron chi connectivity index (χ2n) is 5.28. The average Bonchev–Trinajstić information content (AvgIpc) is 2.86. The molecule has 110 valence electrons. The molecule has 0 unspecified atom stereocenters. The molecule has 1 fully saturated rings. The van der Waals surface area contributed by atoms with E-state index in [1.165, 1.54) is 16.7 Å². The number of nitrogens with zero attached hydrogens (tertiary/aromatic N) is 1. The van der Waals surface area contributed by atoms with E-state index in [1.54, 1.807) is 4.31 Å². The van der Waals surface area contributed by atoms with Crippen molar-refractivity contribution in [1.82, 2.24) is 4.31 Å². The number of ether oxygens (including phenoxy) is 2. The lowest BCUT2D eigenvalue weighted by Crippen LogP contribution is -3.13. The Labute approximate surface area is 118 Å². The zero-order valence-electron chi connectivity index (χ0n) is 11.5. The summed E-state index contributed by atoms with van der Waals surface area (Å²) >= 11 is 0. The zero-order chi connectivity index (χ0) is 14.2. The van der Waals surface area contributed by atoms with Gasteiger partial charge in [0.2, 0.25) is 16.8 Å². The molecule has 0 aromatic heterocycles. The smallest absolute Gasteiger partial charge is 0.231 e. The van der Waals surface area contributed by atoms with Crippen LogP contribution in [0, 0.1) is 0 Å². The largest absolute Gasteiger partial charge is 0.454 e. The SMILES string of the molecule is CS(=O)(=O)N1CC[NH+](Cc2ccc3c(c2)OCO3)CC1. The van der Waals surface area contributed by atoms with Crippen molar-refractivity contribution in [2.45, 2.75) is 6.54 Å². The number of hydrogen-bond acceptors (Lipinski definition) is 4. The Hall–Kier alpha value is -1.31. The Balaban J connectivity index is 1.60. The molecule has 0 radical (unpaired) electrons. The number of quaternary nitrogens is 1. The summed E-state index contributed by atoms with van der Waals surface area (Å²) in [7, 11) is -3.05. The Morgan fingerprint density at radius 1 is 1.20 bits per heavy atom. The Bertz CT molecular complexity index is 594. The first-order chi connectivity index (χ1) is 9.52. The van der Waals surface area contributed by atoms with E-state index in [0.29, 0.717) is 19.9 Å². The molecule has 1 aromatic rings. The van der Waals surface area contributed by atoms with Crippen LogP contribution in [0.4, 0.5) is 0 Å². The fraction of sp³-hybridized carbons (Fsp3) is 0.538. The molecule has 0 bridgehead atoms. The van der Waals surface area contributed by atoms with Gasteiger partial charge in [-0.3, -0.25) is 0 Å². The Kier molecular flexibility index (Phi) is 3.57. The van der Waals surface area contributed by atoms with Crippen molar-refractivity contribution in [2.24, 2.45) is 0 Å². The molecule has 0 amide bonds. The van der Waals surface area contributed by atoms with Gasteiger partial charge in [-0.1, -0.05) is 0 Å². The molecule has 2 aliphatic heterocycles. The van der Waals surface area contributed by atoms with Crippen LogP contribution < -0.4 is 14.4 Å². The minimum absolute atomic E-state index is 0.290. The van der Waals surface area contributed by atoms with E-state index in [0.717, 1.165) is 31.1 Å². The van der Waals surface area contributed by atoms with Crippen LogP contribution in [0.2, 0.25) is 0 Å². The summed E-state index contributed by atoms with van der Waals surface area (Å²) in [5, 5.41) is 0. The molecule has 0 saturated carbocycles. The summed E-state index contributed by atoms with van der Waals surface area (Å²) in [5.74, 6) is 1.60. The molecule has 1 saturated heterocycles. The summed E-state index contributed by atoms with van der Waals surface area (Å²) < 4.78 is 35.1. The van der Waals surface area contributed by atoms with Crippen LogP contribution >= 0.6 is 0 Å². The van der Waals surface area contributed by atoms with Crippen LogP contribution in [0.15, 0.2) is 18.2 Å². The van der Waals surface area contributed by atoms with E-state index in [1.807, 2.05) is 18.2 Å². The van der Waals surface area contributed by atoms with Gasteiger partial charge in [0, 0.05) is 5.56 Å². The molecular formula is C13H19N2O4S+. The third-order valence-corrected chi connectivity index (χ3v) is 5.09. The second kappa shape index (κ2) is 5.23. The van der Waals surface area contributed by atoms with Gasteiger partial charge in [-0.05, 0) is 18.2 Å². The van der Waals surface area contributed by atoms with E-state index in [9.17, 15) is 8.42 Å².